The van der Waals surface area contributed by atoms with Crippen molar-refractivity contribution >= 4 is 17.5 Å². The summed E-state index contributed by atoms with van der Waals surface area (Å²) in [7, 11) is 0. The van der Waals surface area contributed by atoms with E-state index in [1.807, 2.05) is 6.92 Å². The van der Waals surface area contributed by atoms with Crippen LogP contribution in [0.2, 0.25) is 0 Å². The third-order valence-corrected chi connectivity index (χ3v) is 2.67. The molecule has 0 atom stereocenters. The Morgan fingerprint density at radius 1 is 1.35 bits per heavy atom. The molecule has 0 saturated heterocycles. The molecule has 0 spiro atoms. The Hall–Kier alpha value is -1.09. The van der Waals surface area contributed by atoms with Crippen LogP contribution in [0.15, 0.2) is 24.3 Å². The van der Waals surface area contributed by atoms with E-state index in [4.69, 9.17) is 11.6 Å². The Kier molecular flexibility index (Phi) is 5.98. The summed E-state index contributed by atoms with van der Waals surface area (Å²) in [4.78, 5) is 13.6. The van der Waals surface area contributed by atoms with Crippen molar-refractivity contribution in [1.29, 1.82) is 0 Å². The van der Waals surface area contributed by atoms with Crippen LogP contribution < -0.4 is 0 Å². The van der Waals surface area contributed by atoms with Crippen LogP contribution in [0.4, 0.5) is 4.39 Å². The fourth-order valence-electron chi connectivity index (χ4n) is 1.65. The van der Waals surface area contributed by atoms with Gasteiger partial charge in [0.2, 0.25) is 5.91 Å². The van der Waals surface area contributed by atoms with Crippen LogP contribution in [-0.4, -0.2) is 29.8 Å². The minimum atomic E-state index is -0.330. The van der Waals surface area contributed by atoms with Crippen molar-refractivity contribution in [2.24, 2.45) is 0 Å². The van der Waals surface area contributed by atoms with Gasteiger partial charge in [0, 0.05) is 19.0 Å². The van der Waals surface area contributed by atoms with Crippen molar-refractivity contribution in [1.82, 2.24) is 4.90 Å². The highest BCUT2D eigenvalue weighted by Gasteiger charge is 2.14. The van der Waals surface area contributed by atoms with Gasteiger partial charge < -0.3 is 4.90 Å². The quantitative estimate of drug-likeness (QED) is 0.718. The van der Waals surface area contributed by atoms with Crippen molar-refractivity contribution in [2.75, 3.05) is 19.0 Å². The number of hydrogen-bond acceptors (Lipinski definition) is 1. The van der Waals surface area contributed by atoms with E-state index >= 15 is 0 Å². The van der Waals surface area contributed by atoms with Gasteiger partial charge in [0.05, 0.1) is 6.42 Å². The molecule has 0 aliphatic heterocycles. The van der Waals surface area contributed by atoms with Crippen molar-refractivity contribution in [2.45, 2.75) is 19.8 Å². The number of benzene rings is 1. The van der Waals surface area contributed by atoms with Crippen molar-refractivity contribution in [3.8, 4) is 0 Å². The lowest BCUT2D eigenvalue weighted by atomic mass is 10.1. The zero-order chi connectivity index (χ0) is 12.7. The van der Waals surface area contributed by atoms with Crippen LogP contribution >= 0.6 is 11.6 Å². The fourth-order valence-corrected chi connectivity index (χ4v) is 1.85. The average molecular weight is 258 g/mol. The molecule has 2 nitrogen and oxygen atoms in total. The molecule has 0 aliphatic carbocycles. The molecule has 0 saturated carbocycles. The SMILES string of the molecule is CCCN(CCCl)C(=O)Cc1ccccc1F. The van der Waals surface area contributed by atoms with Gasteiger partial charge in [-0.05, 0) is 18.1 Å². The first-order valence-corrected chi connectivity index (χ1v) is 6.29. The second-order valence-electron chi connectivity index (χ2n) is 3.84. The molecule has 0 aromatic heterocycles. The van der Waals surface area contributed by atoms with Gasteiger partial charge in [-0.3, -0.25) is 4.79 Å². The molecule has 1 aromatic rings. The van der Waals surface area contributed by atoms with Gasteiger partial charge >= 0.3 is 0 Å². The predicted molar refractivity (Wildman–Crippen MR) is 67.7 cm³/mol. The van der Waals surface area contributed by atoms with Gasteiger partial charge in [-0.1, -0.05) is 25.1 Å². The number of amides is 1. The van der Waals surface area contributed by atoms with E-state index in [1.54, 1.807) is 23.1 Å². The molecule has 0 heterocycles. The minimum Gasteiger partial charge on any atom is -0.341 e. The number of carbonyl (C=O) groups excluding carboxylic acids is 1. The Morgan fingerprint density at radius 3 is 2.65 bits per heavy atom. The Labute approximate surface area is 106 Å². The number of rotatable bonds is 6. The van der Waals surface area contributed by atoms with Crippen molar-refractivity contribution in [3.05, 3.63) is 35.6 Å². The molecule has 0 fully saturated rings. The van der Waals surface area contributed by atoms with E-state index < -0.39 is 0 Å². The fraction of sp³-hybridized carbons (Fsp3) is 0.462. The van der Waals surface area contributed by atoms with Crippen LogP contribution in [0, 0.1) is 5.82 Å². The van der Waals surface area contributed by atoms with Gasteiger partial charge in [-0.15, -0.1) is 11.6 Å². The summed E-state index contributed by atoms with van der Waals surface area (Å²) in [5, 5.41) is 0. The Balaban J connectivity index is 2.66. The second kappa shape index (κ2) is 7.28. The third kappa shape index (κ3) is 4.35. The maximum absolute atomic E-state index is 13.4. The molecule has 4 heteroatoms. The Morgan fingerprint density at radius 2 is 2.06 bits per heavy atom. The molecule has 1 aromatic carbocycles. The normalized spacial score (nSPS) is 10.3. The standard InChI is InChI=1S/C13H17ClFNO/c1-2-8-16(9-7-14)13(17)10-11-5-3-4-6-12(11)15/h3-6H,2,7-10H2,1H3. The molecule has 0 N–H and O–H groups in total. The number of alkyl halides is 1. The van der Waals surface area contributed by atoms with Gasteiger partial charge in [0.25, 0.3) is 0 Å². The monoisotopic (exact) mass is 257 g/mol. The number of nitrogens with zero attached hydrogens (tertiary/aromatic N) is 1. The molecule has 0 radical (unpaired) electrons. The van der Waals surface area contributed by atoms with Gasteiger partial charge in [0.15, 0.2) is 0 Å². The summed E-state index contributed by atoms with van der Waals surface area (Å²) in [6.45, 7) is 3.18. The summed E-state index contributed by atoms with van der Waals surface area (Å²) >= 11 is 5.64. The van der Waals surface area contributed by atoms with E-state index in [0.29, 0.717) is 24.5 Å². The largest absolute Gasteiger partial charge is 0.341 e. The molecule has 94 valence electrons. The van der Waals surface area contributed by atoms with E-state index in [-0.39, 0.29) is 18.1 Å². The van der Waals surface area contributed by atoms with Gasteiger partial charge in [-0.2, -0.15) is 0 Å². The minimum absolute atomic E-state index is 0.0717. The first kappa shape index (κ1) is 14.0. The lowest BCUT2D eigenvalue weighted by Gasteiger charge is -2.21. The van der Waals surface area contributed by atoms with Crippen molar-refractivity contribution < 1.29 is 9.18 Å². The zero-order valence-electron chi connectivity index (χ0n) is 9.96. The van der Waals surface area contributed by atoms with Crippen LogP contribution in [0.25, 0.3) is 0 Å². The zero-order valence-corrected chi connectivity index (χ0v) is 10.7. The number of halogens is 2. The Bertz CT molecular complexity index is 364. The molecule has 1 rings (SSSR count). The maximum atomic E-state index is 13.4. The first-order chi connectivity index (χ1) is 8.19. The van der Waals surface area contributed by atoms with E-state index in [1.165, 1.54) is 6.07 Å². The predicted octanol–water partition coefficient (Wildman–Crippen LogP) is 2.85. The highest BCUT2D eigenvalue weighted by molar-refractivity contribution is 6.18. The van der Waals surface area contributed by atoms with Crippen LogP contribution in [0.1, 0.15) is 18.9 Å². The van der Waals surface area contributed by atoms with Crippen LogP contribution in [0.3, 0.4) is 0 Å². The van der Waals surface area contributed by atoms with Crippen LogP contribution in [-0.2, 0) is 11.2 Å². The average Bonchev–Trinajstić information content (AvgIpc) is 2.32. The summed E-state index contributed by atoms with van der Waals surface area (Å²) in [6.07, 6.45) is 0.976. The topological polar surface area (TPSA) is 20.3 Å². The highest BCUT2D eigenvalue weighted by atomic mass is 35.5. The molecule has 1 amide bonds. The summed E-state index contributed by atoms with van der Waals surface area (Å²) < 4.78 is 13.4. The smallest absolute Gasteiger partial charge is 0.227 e. The maximum Gasteiger partial charge on any atom is 0.227 e. The molecular formula is C13H17ClFNO. The third-order valence-electron chi connectivity index (χ3n) is 2.50. The highest BCUT2D eigenvalue weighted by Crippen LogP contribution is 2.09. The molecule has 0 unspecified atom stereocenters. The first-order valence-electron chi connectivity index (χ1n) is 5.76. The summed E-state index contributed by atoms with van der Waals surface area (Å²) in [5.41, 5.74) is 0.438. The second-order valence-corrected chi connectivity index (χ2v) is 4.22. The summed E-state index contributed by atoms with van der Waals surface area (Å²) in [5.74, 6) is 0.00370. The number of hydrogen-bond donors (Lipinski definition) is 0. The van der Waals surface area contributed by atoms with Crippen LogP contribution in [0.5, 0.6) is 0 Å². The summed E-state index contributed by atoms with van der Waals surface area (Å²) in [6, 6.07) is 6.36. The van der Waals surface area contributed by atoms with Gasteiger partial charge in [0.1, 0.15) is 5.82 Å². The van der Waals surface area contributed by atoms with Gasteiger partial charge in [-0.25, -0.2) is 4.39 Å². The molecule has 17 heavy (non-hydrogen) atoms. The molecule has 0 bridgehead atoms. The lowest BCUT2D eigenvalue weighted by Crippen LogP contribution is -2.34. The van der Waals surface area contributed by atoms with E-state index in [0.717, 1.165) is 6.42 Å². The molecule has 0 aliphatic rings. The lowest BCUT2D eigenvalue weighted by molar-refractivity contribution is -0.130. The molecular weight excluding hydrogens is 241 g/mol. The van der Waals surface area contributed by atoms with Crippen molar-refractivity contribution in [3.63, 3.8) is 0 Å². The van der Waals surface area contributed by atoms with E-state index in [9.17, 15) is 9.18 Å². The van der Waals surface area contributed by atoms with E-state index in [2.05, 4.69) is 0 Å². The number of carbonyl (C=O) groups is 1.